The molecule has 0 saturated carbocycles. The Morgan fingerprint density at radius 1 is 0.765 bits per heavy atom. The fraction of sp³-hybridized carbons (Fsp3) is 0. The van der Waals surface area contributed by atoms with E-state index >= 15 is 0 Å². The van der Waals surface area contributed by atoms with Crippen molar-refractivity contribution in [2.45, 2.75) is 0 Å². The minimum atomic E-state index is -0.430. The highest BCUT2D eigenvalue weighted by molar-refractivity contribution is 6.12. The molecular weight excluding hydrogens is 428 g/mol. The molecule has 2 aromatic heterocycles. The first-order chi connectivity index (χ1) is 16.6. The summed E-state index contributed by atoms with van der Waals surface area (Å²) in [5.41, 5.74) is 10.3. The van der Waals surface area contributed by atoms with Crippen LogP contribution in [0.3, 0.4) is 0 Å². The van der Waals surface area contributed by atoms with Gasteiger partial charge in [-0.25, -0.2) is 9.97 Å². The Bertz CT molecular complexity index is 1510. The minimum Gasteiger partial charge on any atom is -0.399 e. The largest absolute Gasteiger partial charge is 0.399 e. The zero-order valence-corrected chi connectivity index (χ0v) is 17.9. The lowest BCUT2D eigenvalue weighted by atomic mass is 10.1. The highest BCUT2D eigenvalue weighted by Gasteiger charge is 2.16. The average Bonchev–Trinajstić information content (AvgIpc) is 3.27. The Morgan fingerprint density at radius 2 is 1.56 bits per heavy atom. The van der Waals surface area contributed by atoms with Crippen molar-refractivity contribution in [3.05, 3.63) is 102 Å². The molecule has 5 aromatic rings. The predicted octanol–water partition coefficient (Wildman–Crippen LogP) is 4.71. The first-order valence-electron chi connectivity index (χ1n) is 10.6. The van der Waals surface area contributed by atoms with E-state index in [4.69, 9.17) is 5.73 Å². The normalized spacial score (nSPS) is 10.7. The van der Waals surface area contributed by atoms with Crippen LogP contribution in [0.1, 0.15) is 20.8 Å². The number of anilines is 3. The van der Waals surface area contributed by atoms with Gasteiger partial charge in [0.15, 0.2) is 0 Å². The van der Waals surface area contributed by atoms with Crippen molar-refractivity contribution in [2.75, 3.05) is 16.4 Å². The summed E-state index contributed by atoms with van der Waals surface area (Å²) in [6.07, 6.45) is 0. The standard InChI is InChI=1S/C26H20N6O2/c27-17-8-4-7-16(15-17)20-12-6-14-22(29-20)25(34)32-26-30-21-13-5-11-19(23(21)31-26)24(33)28-18-9-2-1-3-10-18/h1-15H,27H2,(H,28,33)(H2,30,31,32,34). The number of carbonyl (C=O) groups excluding carboxylic acids is 2. The Labute approximate surface area is 194 Å². The minimum absolute atomic E-state index is 0.219. The van der Waals surface area contributed by atoms with Gasteiger partial charge in [-0.05, 0) is 48.5 Å². The van der Waals surface area contributed by atoms with Crippen molar-refractivity contribution >= 4 is 40.2 Å². The summed E-state index contributed by atoms with van der Waals surface area (Å²) in [6.45, 7) is 0. The molecule has 0 saturated heterocycles. The van der Waals surface area contributed by atoms with Gasteiger partial charge >= 0.3 is 0 Å². The number of rotatable bonds is 5. The molecule has 0 aliphatic carbocycles. The molecular formula is C26H20N6O2. The number of amides is 2. The summed E-state index contributed by atoms with van der Waals surface area (Å²) in [7, 11) is 0. The smallest absolute Gasteiger partial charge is 0.276 e. The molecule has 166 valence electrons. The maximum atomic E-state index is 12.9. The van der Waals surface area contributed by atoms with Gasteiger partial charge in [-0.3, -0.25) is 14.9 Å². The molecule has 0 atom stereocenters. The lowest BCUT2D eigenvalue weighted by Crippen LogP contribution is -2.15. The number of H-pyrrole nitrogens is 1. The summed E-state index contributed by atoms with van der Waals surface area (Å²) in [5, 5.41) is 5.59. The lowest BCUT2D eigenvalue weighted by Gasteiger charge is -2.06. The number of benzene rings is 3. The van der Waals surface area contributed by atoms with Crippen molar-refractivity contribution < 1.29 is 9.59 Å². The number of aromatic nitrogens is 3. The van der Waals surface area contributed by atoms with Gasteiger partial charge in [0.25, 0.3) is 11.8 Å². The third-order valence-corrected chi connectivity index (χ3v) is 5.19. The summed E-state index contributed by atoms with van der Waals surface area (Å²) in [4.78, 5) is 37.6. The third kappa shape index (κ3) is 4.33. The number of aromatic amines is 1. The van der Waals surface area contributed by atoms with E-state index in [0.717, 1.165) is 5.56 Å². The van der Waals surface area contributed by atoms with Crippen LogP contribution in [0.4, 0.5) is 17.3 Å². The SMILES string of the molecule is Nc1cccc(-c2cccc(C(=O)Nc3nc4cccc(C(=O)Nc5ccccc5)c4[nH]3)n2)c1. The lowest BCUT2D eigenvalue weighted by molar-refractivity contribution is 0.101. The van der Waals surface area contributed by atoms with Gasteiger partial charge in [0.1, 0.15) is 5.69 Å². The van der Waals surface area contributed by atoms with Crippen LogP contribution >= 0.6 is 0 Å². The van der Waals surface area contributed by atoms with Crippen LogP contribution in [0.15, 0.2) is 91.0 Å². The molecule has 0 spiro atoms. The number of carbonyl (C=O) groups is 2. The van der Waals surface area contributed by atoms with E-state index in [2.05, 4.69) is 25.6 Å². The molecule has 0 unspecified atom stereocenters. The van der Waals surface area contributed by atoms with Gasteiger partial charge in [0.2, 0.25) is 5.95 Å². The molecule has 5 N–H and O–H groups in total. The van der Waals surface area contributed by atoms with Crippen LogP contribution in [0.5, 0.6) is 0 Å². The fourth-order valence-corrected chi connectivity index (χ4v) is 3.59. The van der Waals surface area contributed by atoms with Crippen LogP contribution < -0.4 is 16.4 Å². The Morgan fingerprint density at radius 3 is 2.38 bits per heavy atom. The molecule has 2 heterocycles. The van der Waals surface area contributed by atoms with Crippen LogP contribution in [-0.2, 0) is 0 Å². The zero-order valence-electron chi connectivity index (χ0n) is 17.9. The van der Waals surface area contributed by atoms with Crippen LogP contribution in [0, 0.1) is 0 Å². The number of para-hydroxylation sites is 2. The summed E-state index contributed by atoms with van der Waals surface area (Å²) in [5.74, 6) is -0.494. The number of fused-ring (bicyclic) bond motifs is 1. The van der Waals surface area contributed by atoms with Gasteiger partial charge in [0, 0.05) is 16.9 Å². The van der Waals surface area contributed by atoms with Crippen LogP contribution in [-0.4, -0.2) is 26.8 Å². The van der Waals surface area contributed by atoms with Crippen molar-refractivity contribution in [1.82, 2.24) is 15.0 Å². The van der Waals surface area contributed by atoms with E-state index in [0.29, 0.717) is 33.7 Å². The van der Waals surface area contributed by atoms with Crippen molar-refractivity contribution in [1.29, 1.82) is 0 Å². The third-order valence-electron chi connectivity index (χ3n) is 5.19. The average molecular weight is 448 g/mol. The van der Waals surface area contributed by atoms with E-state index < -0.39 is 5.91 Å². The van der Waals surface area contributed by atoms with E-state index in [-0.39, 0.29) is 17.5 Å². The number of nitrogens with zero attached hydrogens (tertiary/aromatic N) is 2. The van der Waals surface area contributed by atoms with Gasteiger partial charge in [-0.1, -0.05) is 42.5 Å². The summed E-state index contributed by atoms with van der Waals surface area (Å²) >= 11 is 0. The molecule has 0 bridgehead atoms. The number of pyridine rings is 1. The summed E-state index contributed by atoms with van der Waals surface area (Å²) < 4.78 is 0. The molecule has 34 heavy (non-hydrogen) atoms. The summed E-state index contributed by atoms with van der Waals surface area (Å²) in [6, 6.07) is 26.9. The van der Waals surface area contributed by atoms with Crippen molar-refractivity contribution in [3.63, 3.8) is 0 Å². The quantitative estimate of drug-likeness (QED) is 0.290. The van der Waals surface area contributed by atoms with E-state index in [9.17, 15) is 9.59 Å². The monoisotopic (exact) mass is 448 g/mol. The Balaban J connectivity index is 1.38. The highest BCUT2D eigenvalue weighted by atomic mass is 16.2. The highest BCUT2D eigenvalue weighted by Crippen LogP contribution is 2.22. The topological polar surface area (TPSA) is 126 Å². The van der Waals surface area contributed by atoms with Gasteiger partial charge in [0.05, 0.1) is 22.3 Å². The second-order valence-corrected chi connectivity index (χ2v) is 7.59. The molecule has 8 heteroatoms. The van der Waals surface area contributed by atoms with E-state index in [1.807, 2.05) is 48.5 Å². The Kier molecular flexibility index (Phi) is 5.45. The van der Waals surface area contributed by atoms with Crippen molar-refractivity contribution in [2.24, 2.45) is 0 Å². The first kappa shape index (κ1) is 20.9. The Hall–Kier alpha value is -4.98. The van der Waals surface area contributed by atoms with Crippen molar-refractivity contribution in [3.8, 4) is 11.3 Å². The first-order valence-corrected chi connectivity index (χ1v) is 10.6. The fourth-order valence-electron chi connectivity index (χ4n) is 3.59. The number of nitrogen functional groups attached to an aromatic ring is 1. The maximum absolute atomic E-state index is 12.9. The predicted molar refractivity (Wildman–Crippen MR) is 133 cm³/mol. The molecule has 0 aliphatic rings. The second-order valence-electron chi connectivity index (χ2n) is 7.59. The number of hydrogen-bond acceptors (Lipinski definition) is 5. The number of hydrogen-bond donors (Lipinski definition) is 4. The molecule has 0 aliphatic heterocycles. The van der Waals surface area contributed by atoms with Crippen LogP contribution in [0.25, 0.3) is 22.3 Å². The van der Waals surface area contributed by atoms with E-state index in [1.165, 1.54) is 0 Å². The van der Waals surface area contributed by atoms with Gasteiger partial charge < -0.3 is 16.0 Å². The molecule has 0 fully saturated rings. The van der Waals surface area contributed by atoms with E-state index in [1.54, 1.807) is 42.5 Å². The second kappa shape index (κ2) is 8.87. The molecule has 5 rings (SSSR count). The van der Waals surface area contributed by atoms with Gasteiger partial charge in [-0.15, -0.1) is 0 Å². The van der Waals surface area contributed by atoms with Gasteiger partial charge in [-0.2, -0.15) is 0 Å². The number of nitrogens with one attached hydrogen (secondary N) is 3. The molecule has 0 radical (unpaired) electrons. The van der Waals surface area contributed by atoms with Crippen LogP contribution in [0.2, 0.25) is 0 Å². The maximum Gasteiger partial charge on any atom is 0.276 e. The number of nitrogens with two attached hydrogens (primary N) is 1. The number of imidazole rings is 1. The molecule has 8 nitrogen and oxygen atoms in total. The molecule has 2 amide bonds. The zero-order chi connectivity index (χ0) is 23.5. The molecule has 3 aromatic carbocycles.